The van der Waals surface area contributed by atoms with Crippen molar-refractivity contribution in [3.8, 4) is 0 Å². The van der Waals surface area contributed by atoms with Gasteiger partial charge in [-0.15, -0.1) is 0 Å². The lowest BCUT2D eigenvalue weighted by atomic mass is 9.95. The first-order valence-electron chi connectivity index (χ1n) is 9.44. The van der Waals surface area contributed by atoms with Gasteiger partial charge in [-0.25, -0.2) is 13.1 Å². The number of rotatable bonds is 6. The molecule has 1 aliphatic carbocycles. The second kappa shape index (κ2) is 8.67. The van der Waals surface area contributed by atoms with E-state index in [-0.39, 0.29) is 22.9 Å². The standard InChI is InChI=1S/C21H26N2O3S/c1-16(17-9-4-2-5-10-17)23-27(25,26)20-14-8-11-18(15-20)21(24)22-19-12-6-3-7-13-19/h2,4-5,8-11,14-16,19,23H,3,6-7,12-13H2,1H3,(H,22,24). The highest BCUT2D eigenvalue weighted by molar-refractivity contribution is 7.89. The minimum Gasteiger partial charge on any atom is -0.349 e. The highest BCUT2D eigenvalue weighted by atomic mass is 32.2. The van der Waals surface area contributed by atoms with E-state index in [4.69, 9.17) is 0 Å². The fourth-order valence-corrected chi connectivity index (χ4v) is 4.71. The van der Waals surface area contributed by atoms with E-state index in [9.17, 15) is 13.2 Å². The summed E-state index contributed by atoms with van der Waals surface area (Å²) < 4.78 is 28.2. The van der Waals surface area contributed by atoms with Crippen LogP contribution in [0.4, 0.5) is 0 Å². The lowest BCUT2D eigenvalue weighted by Gasteiger charge is -2.22. The van der Waals surface area contributed by atoms with E-state index >= 15 is 0 Å². The predicted molar refractivity (Wildman–Crippen MR) is 106 cm³/mol. The quantitative estimate of drug-likeness (QED) is 0.793. The van der Waals surface area contributed by atoms with E-state index in [1.165, 1.54) is 18.6 Å². The van der Waals surface area contributed by atoms with Gasteiger partial charge in [0.25, 0.3) is 5.91 Å². The molecule has 27 heavy (non-hydrogen) atoms. The Labute approximate surface area is 161 Å². The molecular formula is C21H26N2O3S. The molecule has 0 saturated heterocycles. The van der Waals surface area contributed by atoms with Crippen molar-refractivity contribution < 1.29 is 13.2 Å². The summed E-state index contributed by atoms with van der Waals surface area (Å²) in [5.74, 6) is -0.213. The number of amides is 1. The van der Waals surface area contributed by atoms with Crippen LogP contribution in [-0.2, 0) is 10.0 Å². The van der Waals surface area contributed by atoms with Gasteiger partial charge in [0.2, 0.25) is 10.0 Å². The van der Waals surface area contributed by atoms with Crippen LogP contribution in [0.3, 0.4) is 0 Å². The molecule has 5 nitrogen and oxygen atoms in total. The summed E-state index contributed by atoms with van der Waals surface area (Å²) in [4.78, 5) is 12.6. The number of carbonyl (C=O) groups is 1. The summed E-state index contributed by atoms with van der Waals surface area (Å²) in [7, 11) is -3.73. The van der Waals surface area contributed by atoms with Crippen LogP contribution in [-0.4, -0.2) is 20.4 Å². The van der Waals surface area contributed by atoms with Crippen LogP contribution < -0.4 is 10.0 Å². The Morgan fingerprint density at radius 2 is 1.70 bits per heavy atom. The molecule has 1 aliphatic rings. The van der Waals surface area contributed by atoms with Crippen molar-refractivity contribution in [1.82, 2.24) is 10.0 Å². The summed E-state index contributed by atoms with van der Waals surface area (Å²) >= 11 is 0. The van der Waals surface area contributed by atoms with E-state index in [1.807, 2.05) is 30.3 Å². The maximum absolute atomic E-state index is 12.7. The molecule has 2 N–H and O–H groups in total. The molecule has 1 atom stereocenters. The predicted octanol–water partition coefficient (Wildman–Crippen LogP) is 3.79. The first-order valence-corrected chi connectivity index (χ1v) is 10.9. The van der Waals surface area contributed by atoms with Crippen LogP contribution in [0.1, 0.15) is 61.0 Å². The second-order valence-electron chi connectivity index (χ2n) is 7.09. The highest BCUT2D eigenvalue weighted by Crippen LogP contribution is 2.20. The van der Waals surface area contributed by atoms with Gasteiger partial charge in [0.05, 0.1) is 4.90 Å². The zero-order chi connectivity index (χ0) is 19.3. The largest absolute Gasteiger partial charge is 0.349 e. The average Bonchev–Trinajstić information content (AvgIpc) is 2.69. The minimum absolute atomic E-state index is 0.0987. The van der Waals surface area contributed by atoms with Gasteiger partial charge in [-0.1, -0.05) is 55.7 Å². The Morgan fingerprint density at radius 3 is 2.41 bits per heavy atom. The molecule has 1 fully saturated rings. The van der Waals surface area contributed by atoms with Crippen LogP contribution in [0.15, 0.2) is 59.5 Å². The number of benzene rings is 2. The van der Waals surface area contributed by atoms with Gasteiger partial charge >= 0.3 is 0 Å². The molecule has 2 aromatic rings. The number of nitrogens with one attached hydrogen (secondary N) is 2. The zero-order valence-electron chi connectivity index (χ0n) is 15.5. The molecule has 0 bridgehead atoms. The topological polar surface area (TPSA) is 75.3 Å². The molecular weight excluding hydrogens is 360 g/mol. The van der Waals surface area contributed by atoms with Gasteiger partial charge in [-0.3, -0.25) is 4.79 Å². The minimum atomic E-state index is -3.73. The van der Waals surface area contributed by atoms with Crippen LogP contribution >= 0.6 is 0 Å². The lowest BCUT2D eigenvalue weighted by molar-refractivity contribution is 0.0927. The summed E-state index contributed by atoms with van der Waals surface area (Å²) in [6, 6.07) is 15.4. The van der Waals surface area contributed by atoms with E-state index in [0.29, 0.717) is 5.56 Å². The highest BCUT2D eigenvalue weighted by Gasteiger charge is 2.21. The van der Waals surface area contributed by atoms with Gasteiger partial charge in [-0.05, 0) is 43.5 Å². The third-order valence-corrected chi connectivity index (χ3v) is 6.52. The van der Waals surface area contributed by atoms with Gasteiger partial charge in [0.1, 0.15) is 0 Å². The molecule has 2 aromatic carbocycles. The molecule has 1 saturated carbocycles. The molecule has 1 amide bonds. The Hall–Kier alpha value is -2.18. The van der Waals surface area contributed by atoms with Crippen LogP contribution in [0.2, 0.25) is 0 Å². The van der Waals surface area contributed by atoms with Crippen LogP contribution in [0.25, 0.3) is 0 Å². The Balaban J connectivity index is 1.72. The molecule has 0 spiro atoms. The molecule has 0 heterocycles. The molecule has 144 valence electrons. The van der Waals surface area contributed by atoms with Crippen molar-refractivity contribution in [2.24, 2.45) is 0 Å². The van der Waals surface area contributed by atoms with Crippen LogP contribution in [0, 0.1) is 0 Å². The first-order chi connectivity index (χ1) is 13.0. The van der Waals surface area contributed by atoms with Crippen molar-refractivity contribution in [1.29, 1.82) is 0 Å². The summed E-state index contributed by atoms with van der Waals surface area (Å²) in [5.41, 5.74) is 1.25. The number of hydrogen-bond acceptors (Lipinski definition) is 3. The van der Waals surface area contributed by atoms with E-state index in [2.05, 4.69) is 10.0 Å². The Bertz CT molecular complexity index is 875. The number of carbonyl (C=O) groups excluding carboxylic acids is 1. The van der Waals surface area contributed by atoms with Gasteiger partial charge in [0.15, 0.2) is 0 Å². The summed E-state index contributed by atoms with van der Waals surface area (Å²) in [6.45, 7) is 1.80. The van der Waals surface area contributed by atoms with E-state index in [0.717, 1.165) is 31.2 Å². The molecule has 6 heteroatoms. The average molecular weight is 387 g/mol. The maximum Gasteiger partial charge on any atom is 0.251 e. The SMILES string of the molecule is CC(NS(=O)(=O)c1cccc(C(=O)NC2CCCCC2)c1)c1ccccc1. The van der Waals surface area contributed by atoms with Gasteiger partial charge in [0, 0.05) is 17.6 Å². The molecule has 1 unspecified atom stereocenters. The van der Waals surface area contributed by atoms with Gasteiger partial charge in [-0.2, -0.15) is 0 Å². The van der Waals surface area contributed by atoms with Crippen molar-refractivity contribution >= 4 is 15.9 Å². The van der Waals surface area contributed by atoms with Crippen molar-refractivity contribution in [3.63, 3.8) is 0 Å². The maximum atomic E-state index is 12.7. The second-order valence-corrected chi connectivity index (χ2v) is 8.80. The fourth-order valence-electron chi connectivity index (χ4n) is 3.43. The van der Waals surface area contributed by atoms with Crippen molar-refractivity contribution in [2.75, 3.05) is 0 Å². The Morgan fingerprint density at radius 1 is 1.00 bits per heavy atom. The molecule has 0 radical (unpaired) electrons. The van der Waals surface area contributed by atoms with Crippen molar-refractivity contribution in [3.05, 3.63) is 65.7 Å². The molecule has 3 rings (SSSR count). The monoisotopic (exact) mass is 386 g/mol. The fraction of sp³-hybridized carbons (Fsp3) is 0.381. The summed E-state index contributed by atoms with van der Waals surface area (Å²) in [5, 5.41) is 3.03. The molecule has 0 aliphatic heterocycles. The third kappa shape index (κ3) is 5.17. The van der Waals surface area contributed by atoms with Gasteiger partial charge < -0.3 is 5.32 Å². The van der Waals surface area contributed by atoms with E-state index < -0.39 is 10.0 Å². The normalized spacial score (nSPS) is 16.6. The van der Waals surface area contributed by atoms with E-state index in [1.54, 1.807) is 19.1 Å². The number of hydrogen-bond donors (Lipinski definition) is 2. The lowest BCUT2D eigenvalue weighted by Crippen LogP contribution is -2.36. The van der Waals surface area contributed by atoms with Crippen LogP contribution in [0.5, 0.6) is 0 Å². The smallest absolute Gasteiger partial charge is 0.251 e. The summed E-state index contributed by atoms with van der Waals surface area (Å²) in [6.07, 6.45) is 5.44. The van der Waals surface area contributed by atoms with Crippen molar-refractivity contribution in [2.45, 2.75) is 56.0 Å². The Kier molecular flexibility index (Phi) is 6.29. The first kappa shape index (κ1) is 19.6. The third-order valence-electron chi connectivity index (χ3n) is 4.98. The number of sulfonamides is 1. The zero-order valence-corrected chi connectivity index (χ0v) is 16.3. The molecule has 0 aromatic heterocycles.